The Morgan fingerprint density at radius 2 is 1.65 bits per heavy atom. The lowest BCUT2D eigenvalue weighted by atomic mass is 9.96. The van der Waals surface area contributed by atoms with Crippen molar-refractivity contribution < 1.29 is 19.4 Å². The molecule has 0 aromatic carbocycles. The van der Waals surface area contributed by atoms with Crippen LogP contribution in [0.3, 0.4) is 0 Å². The molecule has 5 heteroatoms. The van der Waals surface area contributed by atoms with Gasteiger partial charge >= 0.3 is 11.9 Å². The van der Waals surface area contributed by atoms with E-state index in [1.54, 1.807) is 0 Å². The van der Waals surface area contributed by atoms with Crippen molar-refractivity contribution in [3.8, 4) is 0 Å². The van der Waals surface area contributed by atoms with Crippen LogP contribution in [-0.2, 0) is 14.3 Å². The van der Waals surface area contributed by atoms with Crippen LogP contribution in [0.2, 0.25) is 0 Å². The van der Waals surface area contributed by atoms with Gasteiger partial charge in [-0.3, -0.25) is 14.9 Å². The summed E-state index contributed by atoms with van der Waals surface area (Å²) in [5.74, 6) is -0.958. The normalized spacial score (nSPS) is 14.2. The van der Waals surface area contributed by atoms with Gasteiger partial charge in [-0.15, -0.1) is 0 Å². The summed E-state index contributed by atoms with van der Waals surface area (Å²) in [7, 11) is 0. The Labute approximate surface area is 122 Å². The molecule has 0 bridgehead atoms. The lowest BCUT2D eigenvalue weighted by Crippen LogP contribution is -2.51. The van der Waals surface area contributed by atoms with Gasteiger partial charge < -0.3 is 9.84 Å². The lowest BCUT2D eigenvalue weighted by molar-refractivity contribution is -0.157. The van der Waals surface area contributed by atoms with Gasteiger partial charge in [0.15, 0.2) is 0 Å². The number of carbonyl (C=O) groups excluding carboxylic acids is 1. The van der Waals surface area contributed by atoms with E-state index in [1.807, 2.05) is 48.5 Å². The summed E-state index contributed by atoms with van der Waals surface area (Å²) < 4.78 is 5.27. The minimum Gasteiger partial charge on any atom is -0.480 e. The van der Waals surface area contributed by atoms with E-state index in [2.05, 4.69) is 5.32 Å². The third-order valence-corrected chi connectivity index (χ3v) is 2.58. The Hall–Kier alpha value is -1.10. The van der Waals surface area contributed by atoms with E-state index < -0.39 is 23.2 Å². The molecule has 0 saturated carbocycles. The van der Waals surface area contributed by atoms with Gasteiger partial charge in [0, 0.05) is 5.54 Å². The molecule has 0 rings (SSSR count). The van der Waals surface area contributed by atoms with Crippen molar-refractivity contribution in [2.24, 2.45) is 5.92 Å². The highest BCUT2D eigenvalue weighted by Crippen LogP contribution is 2.17. The number of esters is 1. The quantitative estimate of drug-likeness (QED) is 0.704. The van der Waals surface area contributed by atoms with Crippen LogP contribution in [0.5, 0.6) is 0 Å². The number of aliphatic carboxylic acids is 1. The van der Waals surface area contributed by atoms with Crippen LogP contribution in [0.1, 0.15) is 61.3 Å². The molecule has 0 unspecified atom stereocenters. The van der Waals surface area contributed by atoms with Gasteiger partial charge in [0.05, 0.1) is 6.42 Å². The molecule has 0 amide bonds. The van der Waals surface area contributed by atoms with E-state index in [4.69, 9.17) is 4.74 Å². The fourth-order valence-electron chi connectivity index (χ4n) is 1.95. The number of rotatable bonds is 7. The average molecular weight is 287 g/mol. The third kappa shape index (κ3) is 8.91. The minimum absolute atomic E-state index is 0.131. The van der Waals surface area contributed by atoms with Gasteiger partial charge in [-0.1, -0.05) is 13.8 Å². The summed E-state index contributed by atoms with van der Waals surface area (Å²) in [4.78, 5) is 23.1. The predicted molar refractivity (Wildman–Crippen MR) is 78.6 cm³/mol. The lowest BCUT2D eigenvalue weighted by Gasteiger charge is -2.31. The van der Waals surface area contributed by atoms with Crippen LogP contribution in [-0.4, -0.2) is 34.2 Å². The summed E-state index contributed by atoms with van der Waals surface area (Å²) in [6.07, 6.45) is 0.652. The molecular weight excluding hydrogens is 258 g/mol. The fourth-order valence-corrected chi connectivity index (χ4v) is 1.95. The second-order valence-electron chi connectivity index (χ2n) is 7.31. The zero-order chi connectivity index (χ0) is 16.1. The number of carbonyl (C=O) groups is 2. The largest absolute Gasteiger partial charge is 0.480 e. The van der Waals surface area contributed by atoms with Crippen LogP contribution in [0, 0.1) is 5.92 Å². The van der Waals surface area contributed by atoms with Gasteiger partial charge in [0.25, 0.3) is 0 Å². The van der Waals surface area contributed by atoms with Crippen molar-refractivity contribution in [1.82, 2.24) is 5.32 Å². The summed E-state index contributed by atoms with van der Waals surface area (Å²) in [5, 5.41) is 12.3. The van der Waals surface area contributed by atoms with Crippen molar-refractivity contribution in [3.63, 3.8) is 0 Å². The first-order valence-electron chi connectivity index (χ1n) is 7.05. The zero-order valence-electron chi connectivity index (χ0n) is 13.7. The van der Waals surface area contributed by atoms with Gasteiger partial charge in [-0.2, -0.15) is 0 Å². The van der Waals surface area contributed by atoms with Gasteiger partial charge in [-0.05, 0) is 47.0 Å². The molecule has 1 atom stereocenters. The Morgan fingerprint density at radius 1 is 1.15 bits per heavy atom. The molecule has 0 spiro atoms. The summed E-state index contributed by atoms with van der Waals surface area (Å²) in [5.41, 5.74) is -1.16. The third-order valence-electron chi connectivity index (χ3n) is 2.58. The number of hydrogen-bond acceptors (Lipinski definition) is 4. The van der Waals surface area contributed by atoms with Crippen LogP contribution < -0.4 is 5.32 Å². The second kappa shape index (κ2) is 7.07. The van der Waals surface area contributed by atoms with E-state index in [9.17, 15) is 14.7 Å². The molecule has 0 aromatic rings. The zero-order valence-corrected chi connectivity index (χ0v) is 13.7. The number of carboxylic acids is 1. The average Bonchev–Trinajstić information content (AvgIpc) is 2.09. The first-order valence-corrected chi connectivity index (χ1v) is 7.05. The molecule has 118 valence electrons. The van der Waals surface area contributed by atoms with E-state index >= 15 is 0 Å². The summed E-state index contributed by atoms with van der Waals surface area (Å²) >= 11 is 0. The fraction of sp³-hybridized carbons (Fsp3) is 0.867. The first kappa shape index (κ1) is 18.9. The van der Waals surface area contributed by atoms with Crippen molar-refractivity contribution >= 4 is 11.9 Å². The van der Waals surface area contributed by atoms with Gasteiger partial charge in [0.1, 0.15) is 11.6 Å². The molecule has 2 N–H and O–H groups in total. The van der Waals surface area contributed by atoms with Crippen LogP contribution in [0.4, 0.5) is 0 Å². The molecule has 20 heavy (non-hydrogen) atoms. The number of ether oxygens (including phenoxy) is 1. The Bertz CT molecular complexity index is 342. The van der Waals surface area contributed by atoms with E-state index in [-0.39, 0.29) is 18.3 Å². The van der Waals surface area contributed by atoms with Crippen LogP contribution in [0.25, 0.3) is 0 Å². The molecule has 0 heterocycles. The number of carboxylic acid groups (broad SMARTS) is 1. The predicted octanol–water partition coefficient (Wildman–Crippen LogP) is 2.59. The maximum atomic E-state index is 11.8. The highest BCUT2D eigenvalue weighted by molar-refractivity contribution is 5.74. The van der Waals surface area contributed by atoms with Crippen LogP contribution in [0.15, 0.2) is 0 Å². The molecule has 0 fully saturated rings. The molecule has 0 saturated heterocycles. The van der Waals surface area contributed by atoms with Crippen molar-refractivity contribution in [3.05, 3.63) is 0 Å². The van der Waals surface area contributed by atoms with Gasteiger partial charge in [0.2, 0.25) is 0 Å². The van der Waals surface area contributed by atoms with Crippen LogP contribution >= 0.6 is 0 Å². The van der Waals surface area contributed by atoms with Gasteiger partial charge in [-0.25, -0.2) is 0 Å². The maximum absolute atomic E-state index is 11.8. The molecule has 0 radical (unpaired) electrons. The molecule has 0 aromatic heterocycles. The summed E-state index contributed by atoms with van der Waals surface area (Å²) in [6, 6.07) is -0.660. The molecular formula is C15H29NO4. The molecule has 0 aliphatic rings. The highest BCUT2D eigenvalue weighted by Gasteiger charge is 2.30. The van der Waals surface area contributed by atoms with E-state index in [0.29, 0.717) is 6.42 Å². The standard InChI is InChI=1S/C15H29NO4/c1-10(2)8-11(13(18)19)16-15(6,7)9-12(17)20-14(3,4)5/h10-11,16H,8-9H2,1-7H3,(H,18,19)/t11-/m0/s1. The van der Waals surface area contributed by atoms with Crippen molar-refractivity contribution in [1.29, 1.82) is 0 Å². The minimum atomic E-state index is -0.893. The monoisotopic (exact) mass is 287 g/mol. The van der Waals surface area contributed by atoms with Crippen molar-refractivity contribution in [2.75, 3.05) is 0 Å². The van der Waals surface area contributed by atoms with Crippen molar-refractivity contribution in [2.45, 2.75) is 78.5 Å². The Morgan fingerprint density at radius 3 is 2.00 bits per heavy atom. The van der Waals surface area contributed by atoms with E-state index in [0.717, 1.165) is 0 Å². The SMILES string of the molecule is CC(C)C[C@H](NC(C)(C)CC(=O)OC(C)(C)C)C(=O)O. The Kier molecular flexibility index (Phi) is 6.68. The highest BCUT2D eigenvalue weighted by atomic mass is 16.6. The summed E-state index contributed by atoms with van der Waals surface area (Å²) in [6.45, 7) is 13.0. The Balaban J connectivity index is 4.62. The molecule has 0 aliphatic carbocycles. The smallest absolute Gasteiger partial charge is 0.320 e. The van der Waals surface area contributed by atoms with E-state index in [1.165, 1.54) is 0 Å². The maximum Gasteiger partial charge on any atom is 0.320 e. The molecule has 5 nitrogen and oxygen atoms in total. The first-order chi connectivity index (χ1) is 8.82. The number of nitrogens with one attached hydrogen (secondary N) is 1. The number of hydrogen-bond donors (Lipinski definition) is 2. The second-order valence-corrected chi connectivity index (χ2v) is 7.31. The topological polar surface area (TPSA) is 75.6 Å². The molecule has 0 aliphatic heterocycles.